The summed E-state index contributed by atoms with van der Waals surface area (Å²) in [5, 5.41) is 12.7. The lowest BCUT2D eigenvalue weighted by atomic mass is 9.71. The van der Waals surface area contributed by atoms with Crippen LogP contribution in [-0.4, -0.2) is 60.4 Å². The molecule has 0 aromatic heterocycles. The summed E-state index contributed by atoms with van der Waals surface area (Å²) in [7, 11) is 1.00. The summed E-state index contributed by atoms with van der Waals surface area (Å²) in [6.45, 7) is 0.479. The van der Waals surface area contributed by atoms with Crippen LogP contribution in [0.1, 0.15) is 35.8 Å². The molecular formula is C24H27F4N3O3. The number of urea groups is 1. The third-order valence-electron chi connectivity index (χ3n) is 6.44. The number of nitrogens with one attached hydrogen (secondary N) is 2. The van der Waals surface area contributed by atoms with E-state index in [1.165, 1.54) is 41.3 Å². The lowest BCUT2D eigenvalue weighted by Gasteiger charge is -2.50. The molecule has 3 amide bonds. The van der Waals surface area contributed by atoms with Crippen molar-refractivity contribution in [1.82, 2.24) is 15.5 Å². The van der Waals surface area contributed by atoms with Gasteiger partial charge in [0.2, 0.25) is 5.91 Å². The molecule has 2 unspecified atom stereocenters. The third-order valence-corrected chi connectivity index (χ3v) is 6.44. The number of aliphatic hydroxyl groups is 1. The Labute approximate surface area is 195 Å². The average Bonchev–Trinajstić information content (AvgIpc) is 2.82. The van der Waals surface area contributed by atoms with Crippen LogP contribution in [0, 0.1) is 5.82 Å². The molecule has 0 radical (unpaired) electrons. The van der Waals surface area contributed by atoms with Crippen molar-refractivity contribution in [2.24, 2.45) is 0 Å². The Kier molecular flexibility index (Phi) is 7.81. The number of carbonyl (C=O) groups is 2. The highest BCUT2D eigenvalue weighted by atomic mass is 19.4. The van der Waals surface area contributed by atoms with Gasteiger partial charge >= 0.3 is 12.2 Å². The largest absolute Gasteiger partial charge is 0.404 e. The highest BCUT2D eigenvalue weighted by Gasteiger charge is 2.51. The summed E-state index contributed by atoms with van der Waals surface area (Å²) >= 11 is 0. The maximum absolute atomic E-state index is 13.8. The summed E-state index contributed by atoms with van der Waals surface area (Å²) in [5.74, 6) is -3.80. The number of halogens is 4. The fraction of sp³-hybridized carbons (Fsp3) is 0.417. The number of amides is 3. The van der Waals surface area contributed by atoms with Crippen molar-refractivity contribution in [3.8, 4) is 0 Å². The molecule has 4 rings (SSSR count). The average molecular weight is 481 g/mol. The molecule has 0 saturated carbocycles. The maximum atomic E-state index is 13.8. The minimum absolute atomic E-state index is 0.0796. The molecule has 2 aromatic carbocycles. The number of alkyl halides is 3. The first-order valence-electron chi connectivity index (χ1n) is 10.9. The summed E-state index contributed by atoms with van der Waals surface area (Å²) in [5.41, 5.74) is -0.00184. The molecule has 2 saturated heterocycles. The van der Waals surface area contributed by atoms with Gasteiger partial charge in [-0.25, -0.2) is 9.18 Å². The Balaban J connectivity index is 0.00000158. The Morgan fingerprint density at radius 2 is 1.65 bits per heavy atom. The molecule has 0 aliphatic carbocycles. The van der Waals surface area contributed by atoms with Crippen LogP contribution < -0.4 is 10.6 Å². The summed E-state index contributed by atoms with van der Waals surface area (Å²) in [6, 6.07) is 12.8. The smallest absolute Gasteiger partial charge is 0.400 e. The Morgan fingerprint density at radius 1 is 1.06 bits per heavy atom. The number of rotatable bonds is 3. The van der Waals surface area contributed by atoms with Gasteiger partial charge in [0.05, 0.1) is 5.54 Å². The first kappa shape index (κ1) is 25.5. The predicted molar refractivity (Wildman–Crippen MR) is 118 cm³/mol. The zero-order chi connectivity index (χ0) is 24.9. The lowest BCUT2D eigenvalue weighted by molar-refractivity contribution is -0.173. The van der Waals surface area contributed by atoms with Crippen molar-refractivity contribution in [3.63, 3.8) is 0 Å². The number of aliphatic hydroxyl groups excluding tert-OH is 1. The summed E-state index contributed by atoms with van der Waals surface area (Å²) in [6.07, 6.45) is -4.12. The van der Waals surface area contributed by atoms with E-state index in [1.807, 2.05) is 0 Å². The zero-order valence-electron chi connectivity index (χ0n) is 18.6. The van der Waals surface area contributed by atoms with Crippen LogP contribution in [0.25, 0.3) is 0 Å². The van der Waals surface area contributed by atoms with Crippen LogP contribution in [0.15, 0.2) is 54.6 Å². The molecule has 3 N–H and O–H groups in total. The predicted octanol–water partition coefficient (Wildman–Crippen LogP) is 3.54. The van der Waals surface area contributed by atoms with Gasteiger partial charge in [-0.2, -0.15) is 13.2 Å². The van der Waals surface area contributed by atoms with E-state index in [4.69, 9.17) is 5.11 Å². The first-order chi connectivity index (χ1) is 16.2. The van der Waals surface area contributed by atoms with Gasteiger partial charge in [-0.15, -0.1) is 0 Å². The first-order valence-corrected chi connectivity index (χ1v) is 10.9. The fourth-order valence-electron chi connectivity index (χ4n) is 4.78. The van der Waals surface area contributed by atoms with E-state index in [2.05, 4.69) is 10.6 Å². The molecule has 34 heavy (non-hydrogen) atoms. The van der Waals surface area contributed by atoms with Gasteiger partial charge in [0.25, 0.3) is 0 Å². The summed E-state index contributed by atoms with van der Waals surface area (Å²) < 4.78 is 54.7. The van der Waals surface area contributed by atoms with E-state index < -0.39 is 23.5 Å². The third kappa shape index (κ3) is 5.32. The van der Waals surface area contributed by atoms with Crippen molar-refractivity contribution >= 4 is 11.9 Å². The second kappa shape index (κ2) is 10.4. The fourth-order valence-corrected chi connectivity index (χ4v) is 4.78. The Bertz CT molecular complexity index is 975. The Morgan fingerprint density at radius 3 is 2.21 bits per heavy atom. The quantitative estimate of drug-likeness (QED) is 0.587. The molecule has 6 nitrogen and oxygen atoms in total. The van der Waals surface area contributed by atoms with Crippen LogP contribution >= 0.6 is 0 Å². The second-order valence-corrected chi connectivity index (χ2v) is 8.31. The molecule has 184 valence electrons. The topological polar surface area (TPSA) is 81.7 Å². The molecule has 2 heterocycles. The number of carbonyl (C=O) groups excluding carboxylic acids is 2. The van der Waals surface area contributed by atoms with E-state index >= 15 is 0 Å². The Hall–Kier alpha value is -3.14. The number of piperidine rings is 1. The molecule has 0 bridgehead atoms. The van der Waals surface area contributed by atoms with E-state index in [0.717, 1.165) is 12.7 Å². The highest BCUT2D eigenvalue weighted by Crippen LogP contribution is 2.41. The minimum Gasteiger partial charge on any atom is -0.400 e. The van der Waals surface area contributed by atoms with Crippen molar-refractivity contribution in [3.05, 3.63) is 71.5 Å². The number of hydrogen-bond acceptors (Lipinski definition) is 3. The van der Waals surface area contributed by atoms with Crippen LogP contribution in [-0.2, 0) is 4.79 Å². The monoisotopic (exact) mass is 481 g/mol. The molecule has 2 aliphatic rings. The van der Waals surface area contributed by atoms with Gasteiger partial charge in [0.15, 0.2) is 5.92 Å². The van der Waals surface area contributed by atoms with Gasteiger partial charge in [0, 0.05) is 32.7 Å². The van der Waals surface area contributed by atoms with Crippen molar-refractivity contribution < 1.29 is 32.3 Å². The van der Waals surface area contributed by atoms with Crippen molar-refractivity contribution in [1.29, 1.82) is 0 Å². The number of nitrogens with zero attached hydrogens (tertiary/aromatic N) is 1. The van der Waals surface area contributed by atoms with Gasteiger partial charge < -0.3 is 20.6 Å². The van der Waals surface area contributed by atoms with Gasteiger partial charge in [-0.1, -0.05) is 42.5 Å². The number of benzene rings is 2. The molecular weight excluding hydrogens is 454 g/mol. The molecule has 1 spiro atoms. The van der Waals surface area contributed by atoms with Gasteiger partial charge in [0.1, 0.15) is 5.82 Å². The van der Waals surface area contributed by atoms with E-state index in [0.29, 0.717) is 19.4 Å². The van der Waals surface area contributed by atoms with E-state index in [1.54, 1.807) is 18.2 Å². The summed E-state index contributed by atoms with van der Waals surface area (Å²) in [4.78, 5) is 26.3. The van der Waals surface area contributed by atoms with E-state index in [9.17, 15) is 27.2 Å². The van der Waals surface area contributed by atoms with Crippen LogP contribution in [0.2, 0.25) is 0 Å². The number of hydrogen-bond donors (Lipinski definition) is 3. The minimum atomic E-state index is -4.72. The molecule has 2 atom stereocenters. The van der Waals surface area contributed by atoms with Gasteiger partial charge in [-0.05, 0) is 36.1 Å². The second-order valence-electron chi connectivity index (χ2n) is 8.31. The molecule has 2 aromatic rings. The zero-order valence-corrected chi connectivity index (χ0v) is 18.6. The van der Waals surface area contributed by atoms with Crippen molar-refractivity contribution in [2.75, 3.05) is 26.7 Å². The van der Waals surface area contributed by atoms with Crippen molar-refractivity contribution in [2.45, 2.75) is 36.4 Å². The molecule has 2 fully saturated rings. The van der Waals surface area contributed by atoms with Crippen LogP contribution in [0.3, 0.4) is 0 Å². The molecule has 10 heteroatoms. The van der Waals surface area contributed by atoms with Crippen LogP contribution in [0.4, 0.5) is 22.4 Å². The number of likely N-dealkylation sites (tertiary alicyclic amines) is 1. The van der Waals surface area contributed by atoms with Crippen LogP contribution in [0.5, 0.6) is 0 Å². The molecule has 2 aliphatic heterocycles. The highest BCUT2D eigenvalue weighted by molar-refractivity contribution is 5.85. The lowest BCUT2D eigenvalue weighted by Crippen LogP contribution is -2.66. The standard InChI is InChI=1S/C23H23F4N3O2.CH4O/c24-17-8-6-15(7-9-17)18-14-28-21(32)29-22(18)10-12-30(13-11-22)20(31)19(23(25,26)27)16-4-2-1-3-5-16;1-2/h1-9,18-19H,10-14H2,(H2,28,29,32);2H,1H3. The normalized spacial score (nSPS) is 20.5. The van der Waals surface area contributed by atoms with Gasteiger partial charge in [-0.3, -0.25) is 4.79 Å². The SMILES string of the molecule is CO.O=C1NCC(c2ccc(F)cc2)C2(CCN(C(=O)C(c3ccccc3)C(F)(F)F)CC2)N1. The maximum Gasteiger partial charge on any atom is 0.404 e. The van der Waals surface area contributed by atoms with E-state index in [-0.39, 0.29) is 36.4 Å².